The Morgan fingerprint density at radius 3 is 2.38 bits per heavy atom. The number of carbonyl (C=O) groups is 2. The number of aromatic nitrogens is 1. The molecule has 0 saturated carbocycles. The van der Waals surface area contributed by atoms with Crippen LogP contribution < -0.4 is 10.6 Å². The third-order valence-electron chi connectivity index (χ3n) is 4.23. The van der Waals surface area contributed by atoms with E-state index in [-0.39, 0.29) is 11.7 Å². The van der Waals surface area contributed by atoms with Gasteiger partial charge in [-0.05, 0) is 60.7 Å². The zero-order valence-electron chi connectivity index (χ0n) is 15.1. The summed E-state index contributed by atoms with van der Waals surface area (Å²) in [6.45, 7) is 0. The Labute approximate surface area is 171 Å². The number of amides is 2. The minimum absolute atomic E-state index is 0.154. The van der Waals surface area contributed by atoms with E-state index < -0.39 is 5.91 Å². The molecule has 0 unspecified atom stereocenters. The number of benzene rings is 2. The van der Waals surface area contributed by atoms with Crippen molar-refractivity contribution in [2.45, 2.75) is 0 Å². The van der Waals surface area contributed by atoms with Gasteiger partial charge in [0.15, 0.2) is 5.76 Å². The lowest BCUT2D eigenvalue weighted by Crippen LogP contribution is -2.16. The molecule has 2 amide bonds. The summed E-state index contributed by atoms with van der Waals surface area (Å²) >= 11 is 6.07. The molecule has 0 aliphatic carbocycles. The van der Waals surface area contributed by atoms with Crippen LogP contribution in [0.5, 0.6) is 0 Å². The highest BCUT2D eigenvalue weighted by Gasteiger charge is 2.15. The molecular formula is C22H16ClN3O3. The summed E-state index contributed by atoms with van der Waals surface area (Å²) in [7, 11) is 0. The van der Waals surface area contributed by atoms with Gasteiger partial charge in [0.05, 0.1) is 17.6 Å². The van der Waals surface area contributed by atoms with E-state index in [1.54, 1.807) is 42.5 Å². The Morgan fingerprint density at radius 2 is 1.62 bits per heavy atom. The Morgan fingerprint density at radius 1 is 0.828 bits per heavy atom. The number of hydrogen-bond donors (Lipinski definition) is 2. The Balaban J connectivity index is 1.57. The maximum Gasteiger partial charge on any atom is 0.291 e. The maximum atomic E-state index is 12.8. The van der Waals surface area contributed by atoms with Crippen molar-refractivity contribution in [3.63, 3.8) is 0 Å². The van der Waals surface area contributed by atoms with Gasteiger partial charge in [-0.15, -0.1) is 0 Å². The number of nitrogens with zero attached hydrogens (tertiary/aromatic N) is 1. The van der Waals surface area contributed by atoms with Crippen LogP contribution in [0, 0.1) is 0 Å². The second-order valence-electron chi connectivity index (χ2n) is 6.22. The fourth-order valence-corrected chi connectivity index (χ4v) is 3.00. The van der Waals surface area contributed by atoms with Gasteiger partial charge in [0.25, 0.3) is 11.8 Å². The molecule has 6 nitrogen and oxygen atoms in total. The first-order valence-corrected chi connectivity index (χ1v) is 9.17. The molecule has 0 bridgehead atoms. The molecule has 144 valence electrons. The average molecular weight is 406 g/mol. The van der Waals surface area contributed by atoms with E-state index in [1.807, 2.05) is 41.2 Å². The molecular weight excluding hydrogens is 390 g/mol. The lowest BCUT2D eigenvalue weighted by Gasteiger charge is -2.13. The molecule has 0 atom stereocenters. The Kier molecular flexibility index (Phi) is 5.18. The first kappa shape index (κ1) is 18.6. The third kappa shape index (κ3) is 4.23. The minimum atomic E-state index is -0.442. The fraction of sp³-hybridized carbons (Fsp3) is 0. The second kappa shape index (κ2) is 8.08. The number of carbonyl (C=O) groups excluding carboxylic acids is 2. The lowest BCUT2D eigenvalue weighted by molar-refractivity contribution is 0.0993. The van der Waals surface area contributed by atoms with Crippen LogP contribution in [0.1, 0.15) is 20.9 Å². The number of furan rings is 1. The second-order valence-corrected chi connectivity index (χ2v) is 6.65. The number of nitrogens with one attached hydrogen (secondary N) is 2. The summed E-state index contributed by atoms with van der Waals surface area (Å²) in [6.07, 6.45) is 5.21. The topological polar surface area (TPSA) is 76.3 Å². The zero-order chi connectivity index (χ0) is 20.2. The first-order chi connectivity index (χ1) is 14.1. The van der Waals surface area contributed by atoms with Gasteiger partial charge in [-0.1, -0.05) is 17.7 Å². The molecule has 4 aromatic rings. The van der Waals surface area contributed by atoms with E-state index in [1.165, 1.54) is 6.26 Å². The monoisotopic (exact) mass is 405 g/mol. The average Bonchev–Trinajstić information content (AvgIpc) is 3.44. The van der Waals surface area contributed by atoms with Crippen molar-refractivity contribution in [2.24, 2.45) is 0 Å². The summed E-state index contributed by atoms with van der Waals surface area (Å²) in [5, 5.41) is 5.96. The van der Waals surface area contributed by atoms with Gasteiger partial charge < -0.3 is 19.6 Å². The molecule has 7 heteroatoms. The highest BCUT2D eigenvalue weighted by atomic mass is 35.5. The summed E-state index contributed by atoms with van der Waals surface area (Å²) in [5.74, 6) is -0.598. The molecule has 2 aromatic carbocycles. The van der Waals surface area contributed by atoms with E-state index in [2.05, 4.69) is 10.6 Å². The van der Waals surface area contributed by atoms with Crippen LogP contribution in [0.3, 0.4) is 0 Å². The molecule has 2 N–H and O–H groups in total. The molecule has 29 heavy (non-hydrogen) atoms. The predicted octanol–water partition coefficient (Wildman–Crippen LogP) is 5.23. The van der Waals surface area contributed by atoms with Gasteiger partial charge >= 0.3 is 0 Å². The highest BCUT2D eigenvalue weighted by molar-refractivity contribution is 6.31. The molecule has 0 fully saturated rings. The fourth-order valence-electron chi connectivity index (χ4n) is 2.83. The van der Waals surface area contributed by atoms with Crippen LogP contribution in [-0.4, -0.2) is 16.4 Å². The van der Waals surface area contributed by atoms with Crippen molar-refractivity contribution >= 4 is 34.8 Å². The van der Waals surface area contributed by atoms with Crippen molar-refractivity contribution in [3.8, 4) is 5.69 Å². The van der Waals surface area contributed by atoms with Gasteiger partial charge in [0, 0.05) is 28.7 Å². The largest absolute Gasteiger partial charge is 0.459 e. The molecule has 4 rings (SSSR count). The molecule has 0 spiro atoms. The van der Waals surface area contributed by atoms with Crippen molar-refractivity contribution in [2.75, 3.05) is 10.6 Å². The van der Waals surface area contributed by atoms with Crippen LogP contribution >= 0.6 is 11.6 Å². The van der Waals surface area contributed by atoms with E-state index in [9.17, 15) is 9.59 Å². The quantitative estimate of drug-likeness (QED) is 0.477. The van der Waals surface area contributed by atoms with Crippen molar-refractivity contribution < 1.29 is 14.0 Å². The van der Waals surface area contributed by atoms with Crippen molar-refractivity contribution in [3.05, 3.63) is 102 Å². The summed E-state index contributed by atoms with van der Waals surface area (Å²) in [4.78, 5) is 25.1. The normalized spacial score (nSPS) is 10.5. The number of rotatable bonds is 5. The molecule has 2 heterocycles. The third-order valence-corrected chi connectivity index (χ3v) is 4.47. The van der Waals surface area contributed by atoms with E-state index in [4.69, 9.17) is 16.0 Å². The lowest BCUT2D eigenvalue weighted by atomic mass is 10.1. The minimum Gasteiger partial charge on any atom is -0.459 e. The predicted molar refractivity (Wildman–Crippen MR) is 112 cm³/mol. The maximum absolute atomic E-state index is 12.8. The highest BCUT2D eigenvalue weighted by Crippen LogP contribution is 2.27. The standard InChI is InChI=1S/C22H16ClN3O3/c23-16-8-9-18(19(14-16)25-22(28)20-7-4-12-29-20)24-21(27)15-5-3-6-17(13-15)26-10-1-2-11-26/h1-14H,(H,24,27)(H,25,28). The van der Waals surface area contributed by atoms with E-state index in [0.717, 1.165) is 5.69 Å². The van der Waals surface area contributed by atoms with Gasteiger partial charge in [-0.2, -0.15) is 0 Å². The van der Waals surface area contributed by atoms with Gasteiger partial charge in [0.1, 0.15) is 0 Å². The summed E-state index contributed by atoms with van der Waals surface area (Å²) in [5.41, 5.74) is 2.14. The van der Waals surface area contributed by atoms with Crippen molar-refractivity contribution in [1.82, 2.24) is 4.57 Å². The van der Waals surface area contributed by atoms with E-state index >= 15 is 0 Å². The van der Waals surface area contributed by atoms with Gasteiger partial charge in [-0.3, -0.25) is 9.59 Å². The Hall–Kier alpha value is -3.77. The summed E-state index contributed by atoms with van der Waals surface area (Å²) in [6, 6.07) is 19.0. The number of hydrogen-bond acceptors (Lipinski definition) is 3. The van der Waals surface area contributed by atoms with Crippen LogP contribution in [-0.2, 0) is 0 Å². The number of anilines is 2. The molecule has 2 aromatic heterocycles. The molecule has 0 saturated heterocycles. The molecule has 0 radical (unpaired) electrons. The van der Waals surface area contributed by atoms with Crippen LogP contribution in [0.25, 0.3) is 5.69 Å². The van der Waals surface area contributed by atoms with Gasteiger partial charge in [0.2, 0.25) is 0 Å². The molecule has 0 aliphatic heterocycles. The SMILES string of the molecule is O=C(Nc1ccc(Cl)cc1NC(=O)c1ccco1)c1cccc(-n2cccc2)c1. The van der Waals surface area contributed by atoms with Crippen LogP contribution in [0.15, 0.2) is 89.8 Å². The first-order valence-electron chi connectivity index (χ1n) is 8.79. The van der Waals surface area contributed by atoms with E-state index in [0.29, 0.717) is 22.0 Å². The zero-order valence-corrected chi connectivity index (χ0v) is 15.9. The molecule has 0 aliphatic rings. The van der Waals surface area contributed by atoms with Crippen LogP contribution in [0.4, 0.5) is 11.4 Å². The number of halogens is 1. The smallest absolute Gasteiger partial charge is 0.291 e. The van der Waals surface area contributed by atoms with Crippen molar-refractivity contribution in [1.29, 1.82) is 0 Å². The van der Waals surface area contributed by atoms with Crippen LogP contribution in [0.2, 0.25) is 5.02 Å². The summed E-state index contributed by atoms with van der Waals surface area (Å²) < 4.78 is 7.01. The Bertz CT molecular complexity index is 1150. The van der Waals surface area contributed by atoms with Gasteiger partial charge in [-0.25, -0.2) is 0 Å².